The van der Waals surface area contributed by atoms with Gasteiger partial charge in [-0.2, -0.15) is 0 Å². The molecule has 3 heteroatoms. The Kier molecular flexibility index (Phi) is 8.86. The highest BCUT2D eigenvalue weighted by atomic mass is 16.5. The molecule has 0 aromatic heterocycles. The smallest absolute Gasteiger partial charge is 0.330 e. The van der Waals surface area contributed by atoms with Crippen LogP contribution in [-0.2, 0) is 9.53 Å². The first-order chi connectivity index (χ1) is 8.69. The van der Waals surface area contributed by atoms with Crippen molar-refractivity contribution in [3.8, 4) is 0 Å². The number of hydrogen-bond donors (Lipinski definition) is 1. The van der Waals surface area contributed by atoms with Gasteiger partial charge in [-0.1, -0.05) is 56.2 Å². The molecule has 0 unspecified atom stereocenters. The van der Waals surface area contributed by atoms with Gasteiger partial charge in [0.25, 0.3) is 0 Å². The molecule has 3 nitrogen and oxygen atoms in total. The largest absolute Gasteiger partial charge is 0.460 e. The van der Waals surface area contributed by atoms with Crippen LogP contribution < -0.4 is 0 Å². The van der Waals surface area contributed by atoms with Crippen molar-refractivity contribution in [1.29, 1.82) is 0 Å². The Morgan fingerprint density at radius 2 is 1.67 bits per heavy atom. The average molecular weight is 246 g/mol. The van der Waals surface area contributed by atoms with Crippen molar-refractivity contribution in [1.82, 2.24) is 0 Å². The predicted octanol–water partition coefficient (Wildman–Crippen LogP) is 2.68. The Morgan fingerprint density at radius 3 is 2.00 bits per heavy atom. The zero-order chi connectivity index (χ0) is 13.8. The molecule has 1 N–H and O–H groups in total. The van der Waals surface area contributed by atoms with E-state index < -0.39 is 5.97 Å². The fraction of sp³-hybridized carbons (Fsp3) is 0.133. The lowest BCUT2D eigenvalue weighted by Crippen LogP contribution is -2.04. The van der Waals surface area contributed by atoms with Crippen LogP contribution in [0.4, 0.5) is 0 Å². The van der Waals surface area contributed by atoms with E-state index in [2.05, 4.69) is 24.5 Å². The van der Waals surface area contributed by atoms with Gasteiger partial charge in [0.05, 0.1) is 6.61 Å². The molecule has 1 aromatic rings. The molecule has 0 fully saturated rings. The van der Waals surface area contributed by atoms with Gasteiger partial charge in [-0.15, -0.1) is 0 Å². The Hall–Kier alpha value is -2.13. The van der Waals surface area contributed by atoms with Crippen LogP contribution in [0.1, 0.15) is 11.1 Å². The van der Waals surface area contributed by atoms with Gasteiger partial charge in [-0.3, -0.25) is 0 Å². The lowest BCUT2D eigenvalue weighted by Gasteiger charge is -1.96. The molecule has 18 heavy (non-hydrogen) atoms. The number of carbonyl (C=O) groups is 1. The molecule has 1 aromatic carbocycles. The van der Waals surface area contributed by atoms with Crippen LogP contribution >= 0.6 is 0 Å². The van der Waals surface area contributed by atoms with E-state index in [0.717, 1.165) is 17.2 Å². The molecule has 0 saturated carbocycles. The van der Waals surface area contributed by atoms with Crippen LogP contribution in [0.2, 0.25) is 0 Å². The number of benzene rings is 1. The van der Waals surface area contributed by atoms with Crippen molar-refractivity contribution < 1.29 is 14.6 Å². The molecule has 0 aliphatic heterocycles. The van der Waals surface area contributed by atoms with Gasteiger partial charge in [-0.25, -0.2) is 4.79 Å². The van der Waals surface area contributed by atoms with E-state index in [1.807, 2.05) is 36.4 Å². The highest BCUT2D eigenvalue weighted by Gasteiger charge is 1.90. The third-order valence-electron chi connectivity index (χ3n) is 1.94. The van der Waals surface area contributed by atoms with Crippen molar-refractivity contribution in [2.75, 3.05) is 13.2 Å². The van der Waals surface area contributed by atoms with Crippen molar-refractivity contribution in [2.24, 2.45) is 0 Å². The molecule has 96 valence electrons. The van der Waals surface area contributed by atoms with Crippen LogP contribution in [0.5, 0.6) is 0 Å². The number of aliphatic hydroxyl groups is 1. The molecule has 0 amide bonds. The molecule has 0 atom stereocenters. The highest BCUT2D eigenvalue weighted by Crippen LogP contribution is 2.10. The van der Waals surface area contributed by atoms with E-state index in [-0.39, 0.29) is 13.2 Å². The van der Waals surface area contributed by atoms with Gasteiger partial charge in [0, 0.05) is 6.08 Å². The lowest BCUT2D eigenvalue weighted by molar-refractivity contribution is -0.138. The van der Waals surface area contributed by atoms with Crippen LogP contribution in [0.3, 0.4) is 0 Å². The van der Waals surface area contributed by atoms with Crippen molar-refractivity contribution >= 4 is 18.1 Å². The summed E-state index contributed by atoms with van der Waals surface area (Å²) in [4.78, 5) is 10.1. The molecule has 1 rings (SSSR count). The average Bonchev–Trinajstić information content (AvgIpc) is 2.45. The summed E-state index contributed by atoms with van der Waals surface area (Å²) in [6.07, 6.45) is 4.71. The summed E-state index contributed by atoms with van der Waals surface area (Å²) >= 11 is 0. The van der Waals surface area contributed by atoms with E-state index in [0.29, 0.717) is 0 Å². The van der Waals surface area contributed by atoms with Gasteiger partial charge in [-0.05, 0) is 11.1 Å². The summed E-state index contributed by atoms with van der Waals surface area (Å²) in [6.45, 7) is 10.4. The molecule has 0 saturated heterocycles. The van der Waals surface area contributed by atoms with Crippen LogP contribution in [-0.4, -0.2) is 24.3 Å². The number of esters is 1. The topological polar surface area (TPSA) is 46.5 Å². The first-order valence-electron chi connectivity index (χ1n) is 5.43. The molecular weight excluding hydrogens is 228 g/mol. The lowest BCUT2D eigenvalue weighted by atomic mass is 10.1. The maximum absolute atomic E-state index is 10.1. The fourth-order valence-electron chi connectivity index (χ4n) is 1.09. The highest BCUT2D eigenvalue weighted by molar-refractivity contribution is 5.81. The molecule has 0 spiro atoms. The minimum absolute atomic E-state index is 0.0465. The van der Waals surface area contributed by atoms with Gasteiger partial charge in [0.1, 0.15) is 6.61 Å². The maximum atomic E-state index is 10.1. The van der Waals surface area contributed by atoms with Crippen molar-refractivity contribution in [3.63, 3.8) is 0 Å². The summed E-state index contributed by atoms with van der Waals surface area (Å²) in [5.74, 6) is -0.501. The molecule has 0 heterocycles. The molecule has 0 bridgehead atoms. The van der Waals surface area contributed by atoms with Gasteiger partial charge in [0.2, 0.25) is 0 Å². The molecular formula is C15H18O3. The zero-order valence-electron chi connectivity index (χ0n) is 10.3. The molecule has 0 aliphatic carbocycles. The predicted molar refractivity (Wildman–Crippen MR) is 74.9 cm³/mol. The summed E-state index contributed by atoms with van der Waals surface area (Å²) < 4.78 is 4.33. The Morgan fingerprint density at radius 1 is 1.17 bits per heavy atom. The Balaban J connectivity index is 0.000000331. The van der Waals surface area contributed by atoms with Gasteiger partial charge in [0.15, 0.2) is 0 Å². The number of hydrogen-bond acceptors (Lipinski definition) is 3. The Labute approximate surface area is 108 Å². The van der Waals surface area contributed by atoms with Crippen LogP contribution in [0, 0.1) is 0 Å². The number of carbonyl (C=O) groups excluding carboxylic acids is 1. The number of rotatable bonds is 5. The van der Waals surface area contributed by atoms with E-state index in [9.17, 15) is 4.79 Å². The van der Waals surface area contributed by atoms with Crippen molar-refractivity contribution in [2.45, 2.75) is 0 Å². The normalized spacial score (nSPS) is 8.50. The quantitative estimate of drug-likeness (QED) is 0.642. The monoisotopic (exact) mass is 246 g/mol. The Bertz CT molecular complexity index is 381. The minimum atomic E-state index is -0.501. The second kappa shape index (κ2) is 10.1. The molecule has 0 aliphatic rings. The van der Waals surface area contributed by atoms with E-state index >= 15 is 0 Å². The molecule has 0 radical (unpaired) electrons. The van der Waals surface area contributed by atoms with E-state index in [1.165, 1.54) is 0 Å². The summed E-state index contributed by atoms with van der Waals surface area (Å²) in [7, 11) is 0. The first kappa shape index (κ1) is 15.9. The fourth-order valence-corrected chi connectivity index (χ4v) is 1.09. The van der Waals surface area contributed by atoms with Gasteiger partial charge >= 0.3 is 5.97 Å². The van der Waals surface area contributed by atoms with Crippen LogP contribution in [0.25, 0.3) is 12.2 Å². The van der Waals surface area contributed by atoms with Crippen molar-refractivity contribution in [3.05, 3.63) is 61.2 Å². The summed E-state index contributed by atoms with van der Waals surface area (Å²) in [5.41, 5.74) is 2.27. The van der Waals surface area contributed by atoms with E-state index in [4.69, 9.17) is 5.11 Å². The van der Waals surface area contributed by atoms with E-state index in [1.54, 1.807) is 0 Å². The number of ether oxygens (including phenoxy) is 1. The van der Waals surface area contributed by atoms with Crippen LogP contribution in [0.15, 0.2) is 50.1 Å². The minimum Gasteiger partial charge on any atom is -0.460 e. The second-order valence-electron chi connectivity index (χ2n) is 3.13. The third kappa shape index (κ3) is 6.45. The third-order valence-corrected chi connectivity index (χ3v) is 1.94. The standard InChI is InChI=1S/C10H10.C5H8O3/c1-3-9-7-5-6-8-10(9)4-2;1-2-5(7)8-4-3-6/h3-8H,1-2H2;2,6H,1,3-4H2. The SMILES string of the molecule is C=CC(=O)OCCO.C=Cc1ccccc1C=C. The summed E-state index contributed by atoms with van der Waals surface area (Å²) in [6, 6.07) is 8.02. The second-order valence-corrected chi connectivity index (χ2v) is 3.13. The maximum Gasteiger partial charge on any atom is 0.330 e. The number of aliphatic hydroxyl groups excluding tert-OH is 1. The first-order valence-corrected chi connectivity index (χ1v) is 5.43. The zero-order valence-corrected chi connectivity index (χ0v) is 10.3. The van der Waals surface area contributed by atoms with Gasteiger partial charge < -0.3 is 9.84 Å². The summed E-state index contributed by atoms with van der Waals surface area (Å²) in [5, 5.41) is 8.10.